The maximum absolute atomic E-state index is 11.3. The molecule has 4 aromatic rings. The van der Waals surface area contributed by atoms with Crippen LogP contribution in [0.4, 0.5) is 0 Å². The number of furan rings is 1. The lowest BCUT2D eigenvalue weighted by Gasteiger charge is -2.31. The van der Waals surface area contributed by atoms with Crippen molar-refractivity contribution in [3.05, 3.63) is 112 Å². The molecule has 0 spiro atoms. The topological polar surface area (TPSA) is 50.4 Å². The van der Waals surface area contributed by atoms with Crippen LogP contribution in [-0.4, -0.2) is 11.1 Å². The Labute approximate surface area is 193 Å². The molecule has 3 nitrogen and oxygen atoms in total. The molecule has 1 aliphatic carbocycles. The summed E-state index contributed by atoms with van der Waals surface area (Å²) in [5, 5.41) is 10.4. The number of rotatable bonds is 4. The minimum Gasteiger partial charge on any atom is -0.478 e. The molecule has 0 amide bonds. The number of hydrogen-bond acceptors (Lipinski definition) is 2. The molecule has 0 radical (unpaired) electrons. The summed E-state index contributed by atoms with van der Waals surface area (Å²) in [6.45, 7) is 6.38. The molecular weight excluding hydrogens is 408 g/mol. The quantitative estimate of drug-likeness (QED) is 0.334. The van der Waals surface area contributed by atoms with Crippen LogP contribution in [0.25, 0.3) is 28.7 Å². The number of aryl methyl sites for hydroxylation is 1. The minimum absolute atomic E-state index is 0.0524. The van der Waals surface area contributed by atoms with Crippen molar-refractivity contribution in [2.24, 2.45) is 0 Å². The monoisotopic (exact) mass is 434 g/mol. The van der Waals surface area contributed by atoms with E-state index >= 15 is 0 Å². The molecule has 3 heteroatoms. The van der Waals surface area contributed by atoms with Gasteiger partial charge in [0.2, 0.25) is 0 Å². The molecule has 3 aromatic carbocycles. The van der Waals surface area contributed by atoms with E-state index in [-0.39, 0.29) is 5.41 Å². The molecule has 0 fully saturated rings. The van der Waals surface area contributed by atoms with Crippen LogP contribution < -0.4 is 0 Å². The van der Waals surface area contributed by atoms with Crippen molar-refractivity contribution in [2.45, 2.75) is 32.6 Å². The molecule has 0 atom stereocenters. The number of allylic oxidation sites excluding steroid dienone is 1. The summed E-state index contributed by atoms with van der Waals surface area (Å²) in [7, 11) is 0. The molecule has 0 aliphatic heterocycles. The molecule has 5 rings (SSSR count). The molecule has 1 N–H and O–H groups in total. The molecule has 1 heterocycles. The fourth-order valence-electron chi connectivity index (χ4n) is 4.63. The molecule has 33 heavy (non-hydrogen) atoms. The van der Waals surface area contributed by atoms with Gasteiger partial charge in [-0.3, -0.25) is 0 Å². The van der Waals surface area contributed by atoms with Crippen LogP contribution in [0.2, 0.25) is 0 Å². The molecule has 0 bridgehead atoms. The van der Waals surface area contributed by atoms with E-state index in [0.29, 0.717) is 5.56 Å². The number of fused-ring (bicyclic) bond motifs is 2. The molecule has 0 saturated carbocycles. The average Bonchev–Trinajstić information content (AvgIpc) is 3.21. The zero-order chi connectivity index (χ0) is 23.2. The SMILES string of the molecule is Cc1cc(C=Cc2ccc3c(c2)C(c2cc4ccccc4o2)=CCC3(C)C)ccc1C(=O)O. The molecule has 0 unspecified atom stereocenters. The van der Waals surface area contributed by atoms with Crippen LogP contribution in [-0.2, 0) is 5.41 Å². The van der Waals surface area contributed by atoms with Crippen LogP contribution in [0.1, 0.15) is 64.2 Å². The molecule has 164 valence electrons. The van der Waals surface area contributed by atoms with E-state index in [1.807, 2.05) is 43.3 Å². The fraction of sp³-hybridized carbons (Fsp3) is 0.167. The van der Waals surface area contributed by atoms with Gasteiger partial charge in [-0.1, -0.05) is 74.5 Å². The summed E-state index contributed by atoms with van der Waals surface area (Å²) < 4.78 is 6.21. The highest BCUT2D eigenvalue weighted by Gasteiger charge is 2.29. The maximum Gasteiger partial charge on any atom is 0.335 e. The normalized spacial score (nSPS) is 14.9. The first-order valence-corrected chi connectivity index (χ1v) is 11.2. The summed E-state index contributed by atoms with van der Waals surface area (Å²) in [6, 6.07) is 22.2. The first-order valence-electron chi connectivity index (χ1n) is 11.2. The summed E-state index contributed by atoms with van der Waals surface area (Å²) in [6.07, 6.45) is 7.35. The van der Waals surface area contributed by atoms with Gasteiger partial charge in [0.1, 0.15) is 11.3 Å². The van der Waals surface area contributed by atoms with E-state index in [4.69, 9.17) is 4.42 Å². The van der Waals surface area contributed by atoms with Crippen molar-refractivity contribution < 1.29 is 14.3 Å². The largest absolute Gasteiger partial charge is 0.478 e. The third kappa shape index (κ3) is 3.91. The highest BCUT2D eigenvalue weighted by Crippen LogP contribution is 2.42. The number of aromatic carboxylic acids is 1. The summed E-state index contributed by atoms with van der Waals surface area (Å²) in [5.41, 5.74) is 7.77. The van der Waals surface area contributed by atoms with Crippen LogP contribution >= 0.6 is 0 Å². The number of carboxylic acids is 1. The van der Waals surface area contributed by atoms with Gasteiger partial charge < -0.3 is 9.52 Å². The minimum atomic E-state index is -0.898. The Morgan fingerprint density at radius 2 is 1.70 bits per heavy atom. The van der Waals surface area contributed by atoms with Gasteiger partial charge in [-0.25, -0.2) is 4.79 Å². The third-order valence-electron chi connectivity index (χ3n) is 6.52. The van der Waals surface area contributed by atoms with Gasteiger partial charge in [-0.15, -0.1) is 0 Å². The lowest BCUT2D eigenvalue weighted by atomic mass is 9.72. The number of hydrogen-bond donors (Lipinski definition) is 1. The van der Waals surface area contributed by atoms with Crippen molar-refractivity contribution in [1.29, 1.82) is 0 Å². The second-order valence-corrected chi connectivity index (χ2v) is 9.37. The second kappa shape index (κ2) is 7.93. The Morgan fingerprint density at radius 3 is 2.42 bits per heavy atom. The standard InChI is InChI=1S/C30H26O3/c1-19-16-20(10-12-23(19)29(31)32)8-9-21-11-13-26-25(17-21)24(14-15-30(26,2)3)28-18-22-6-4-5-7-27(22)33-28/h4-14,16-18H,15H2,1-3H3,(H,31,32). The molecular formula is C30H26O3. The molecule has 0 saturated heterocycles. The van der Waals surface area contributed by atoms with E-state index in [1.54, 1.807) is 6.07 Å². The first-order chi connectivity index (χ1) is 15.8. The predicted octanol–water partition coefficient (Wildman–Crippen LogP) is 7.72. The van der Waals surface area contributed by atoms with Gasteiger partial charge in [-0.05, 0) is 70.8 Å². The zero-order valence-electron chi connectivity index (χ0n) is 19.1. The van der Waals surface area contributed by atoms with Gasteiger partial charge >= 0.3 is 5.97 Å². The Morgan fingerprint density at radius 1 is 0.970 bits per heavy atom. The molecule has 1 aromatic heterocycles. The van der Waals surface area contributed by atoms with E-state index < -0.39 is 5.97 Å². The highest BCUT2D eigenvalue weighted by atomic mass is 16.4. The Kier molecular flexibility index (Phi) is 5.05. The van der Waals surface area contributed by atoms with Crippen LogP contribution in [0.5, 0.6) is 0 Å². The highest BCUT2D eigenvalue weighted by molar-refractivity contribution is 5.90. The smallest absolute Gasteiger partial charge is 0.335 e. The van der Waals surface area contributed by atoms with Gasteiger partial charge in [0.05, 0.1) is 5.56 Å². The van der Waals surface area contributed by atoms with Gasteiger partial charge in [0.15, 0.2) is 0 Å². The van der Waals surface area contributed by atoms with E-state index in [1.165, 1.54) is 11.1 Å². The molecule has 1 aliphatic rings. The third-order valence-corrected chi connectivity index (χ3v) is 6.52. The Bertz CT molecular complexity index is 1410. The van der Waals surface area contributed by atoms with Crippen LogP contribution in [0.3, 0.4) is 0 Å². The summed E-state index contributed by atoms with van der Waals surface area (Å²) in [4.78, 5) is 11.3. The van der Waals surface area contributed by atoms with Crippen molar-refractivity contribution in [3.8, 4) is 0 Å². The lowest BCUT2D eigenvalue weighted by Crippen LogP contribution is -2.21. The maximum atomic E-state index is 11.3. The van der Waals surface area contributed by atoms with E-state index in [0.717, 1.165) is 45.4 Å². The number of benzene rings is 3. The van der Waals surface area contributed by atoms with Crippen molar-refractivity contribution in [2.75, 3.05) is 0 Å². The lowest BCUT2D eigenvalue weighted by molar-refractivity contribution is 0.0696. The summed E-state index contributed by atoms with van der Waals surface area (Å²) in [5.74, 6) is -0.000742. The van der Waals surface area contributed by atoms with Gasteiger partial charge in [0, 0.05) is 11.0 Å². The Balaban J connectivity index is 1.53. The fourth-order valence-corrected chi connectivity index (χ4v) is 4.63. The predicted molar refractivity (Wildman–Crippen MR) is 134 cm³/mol. The van der Waals surface area contributed by atoms with Crippen molar-refractivity contribution in [1.82, 2.24) is 0 Å². The zero-order valence-corrected chi connectivity index (χ0v) is 19.1. The van der Waals surface area contributed by atoms with Crippen LogP contribution in [0.15, 0.2) is 77.2 Å². The number of para-hydroxylation sites is 1. The van der Waals surface area contributed by atoms with E-state index in [9.17, 15) is 9.90 Å². The Hall–Kier alpha value is -3.85. The second-order valence-electron chi connectivity index (χ2n) is 9.37. The first kappa shape index (κ1) is 21.0. The van der Waals surface area contributed by atoms with E-state index in [2.05, 4.69) is 56.3 Å². The van der Waals surface area contributed by atoms with Crippen LogP contribution in [0, 0.1) is 6.92 Å². The number of carbonyl (C=O) groups is 1. The van der Waals surface area contributed by atoms with Gasteiger partial charge in [-0.2, -0.15) is 0 Å². The van der Waals surface area contributed by atoms with Crippen molar-refractivity contribution >= 4 is 34.7 Å². The average molecular weight is 435 g/mol. The van der Waals surface area contributed by atoms with Crippen molar-refractivity contribution in [3.63, 3.8) is 0 Å². The van der Waals surface area contributed by atoms with Gasteiger partial charge in [0.25, 0.3) is 0 Å². The summed E-state index contributed by atoms with van der Waals surface area (Å²) >= 11 is 0. The number of carboxylic acid groups (broad SMARTS) is 1.